The third-order valence-electron chi connectivity index (χ3n) is 3.62. The van der Waals surface area contributed by atoms with Crippen LogP contribution in [0.25, 0.3) is 11.3 Å². The quantitative estimate of drug-likeness (QED) is 0.911. The zero-order valence-electron chi connectivity index (χ0n) is 11.8. The highest BCUT2D eigenvalue weighted by atomic mass is 16.5. The van der Waals surface area contributed by atoms with Gasteiger partial charge in [0.15, 0.2) is 0 Å². The van der Waals surface area contributed by atoms with Crippen LogP contribution in [0.2, 0.25) is 0 Å². The molecule has 1 aromatic heterocycles. The monoisotopic (exact) mass is 287 g/mol. The summed E-state index contributed by atoms with van der Waals surface area (Å²) in [7, 11) is 1.62. The molecule has 6 nitrogen and oxygen atoms in total. The van der Waals surface area contributed by atoms with E-state index in [1.807, 2.05) is 24.3 Å². The molecule has 3 rings (SSSR count). The lowest BCUT2D eigenvalue weighted by Gasteiger charge is -2.26. The van der Waals surface area contributed by atoms with E-state index in [2.05, 4.69) is 5.10 Å². The SMILES string of the molecule is COc1ccc(-c2cc3n(n2)CCN(CCO)C3=O)cc1. The Kier molecular flexibility index (Phi) is 3.62. The van der Waals surface area contributed by atoms with Crippen LogP contribution in [0.4, 0.5) is 0 Å². The summed E-state index contributed by atoms with van der Waals surface area (Å²) >= 11 is 0. The smallest absolute Gasteiger partial charge is 0.272 e. The Morgan fingerprint density at radius 3 is 2.71 bits per heavy atom. The molecule has 0 fully saturated rings. The molecule has 0 spiro atoms. The largest absolute Gasteiger partial charge is 0.497 e. The van der Waals surface area contributed by atoms with E-state index in [-0.39, 0.29) is 12.5 Å². The van der Waals surface area contributed by atoms with Crippen molar-refractivity contribution >= 4 is 5.91 Å². The van der Waals surface area contributed by atoms with E-state index in [4.69, 9.17) is 9.84 Å². The Bertz CT molecular complexity index is 649. The van der Waals surface area contributed by atoms with Crippen molar-refractivity contribution in [2.24, 2.45) is 0 Å². The molecule has 1 N–H and O–H groups in total. The lowest BCUT2D eigenvalue weighted by atomic mass is 10.1. The standard InChI is InChI=1S/C15H17N3O3/c1-21-12-4-2-11(3-5-12)13-10-14-15(20)17(8-9-19)6-7-18(14)16-13/h2-5,10,19H,6-9H2,1H3. The first-order valence-corrected chi connectivity index (χ1v) is 6.85. The number of rotatable bonds is 4. The molecule has 1 aliphatic rings. The molecule has 1 aromatic carbocycles. The van der Waals surface area contributed by atoms with E-state index in [0.29, 0.717) is 25.3 Å². The summed E-state index contributed by atoms with van der Waals surface area (Å²) in [5.41, 5.74) is 2.28. The molecule has 0 bridgehead atoms. The fourth-order valence-corrected chi connectivity index (χ4v) is 2.48. The predicted octanol–water partition coefficient (Wildman–Crippen LogP) is 1.01. The predicted molar refractivity (Wildman–Crippen MR) is 77.2 cm³/mol. The highest BCUT2D eigenvalue weighted by Crippen LogP contribution is 2.24. The van der Waals surface area contributed by atoms with Gasteiger partial charge >= 0.3 is 0 Å². The van der Waals surface area contributed by atoms with Gasteiger partial charge in [-0.3, -0.25) is 9.48 Å². The summed E-state index contributed by atoms with van der Waals surface area (Å²) in [4.78, 5) is 13.9. The van der Waals surface area contributed by atoms with Crippen molar-refractivity contribution in [1.29, 1.82) is 0 Å². The third-order valence-corrected chi connectivity index (χ3v) is 3.62. The Labute approximate surface area is 122 Å². The van der Waals surface area contributed by atoms with E-state index in [1.54, 1.807) is 22.8 Å². The number of hydrogen-bond acceptors (Lipinski definition) is 4. The van der Waals surface area contributed by atoms with Crippen molar-refractivity contribution in [3.8, 4) is 17.0 Å². The lowest BCUT2D eigenvalue weighted by Crippen LogP contribution is -2.41. The molecule has 1 amide bonds. The number of carbonyl (C=O) groups is 1. The highest BCUT2D eigenvalue weighted by Gasteiger charge is 2.26. The van der Waals surface area contributed by atoms with Crippen molar-refractivity contribution in [2.75, 3.05) is 26.8 Å². The average molecular weight is 287 g/mol. The van der Waals surface area contributed by atoms with E-state index in [9.17, 15) is 4.79 Å². The zero-order valence-corrected chi connectivity index (χ0v) is 11.8. The number of benzene rings is 1. The fourth-order valence-electron chi connectivity index (χ4n) is 2.48. The molecule has 21 heavy (non-hydrogen) atoms. The van der Waals surface area contributed by atoms with Crippen LogP contribution in [0.1, 0.15) is 10.5 Å². The number of fused-ring (bicyclic) bond motifs is 1. The van der Waals surface area contributed by atoms with E-state index in [0.717, 1.165) is 17.0 Å². The molecule has 0 saturated carbocycles. The van der Waals surface area contributed by atoms with Gasteiger partial charge in [-0.25, -0.2) is 0 Å². The zero-order chi connectivity index (χ0) is 14.8. The molecule has 2 heterocycles. The number of hydrogen-bond donors (Lipinski definition) is 1. The molecule has 0 aliphatic carbocycles. The summed E-state index contributed by atoms with van der Waals surface area (Å²) in [6, 6.07) is 9.38. The van der Waals surface area contributed by atoms with Crippen molar-refractivity contribution in [3.63, 3.8) is 0 Å². The van der Waals surface area contributed by atoms with Gasteiger partial charge in [-0.15, -0.1) is 0 Å². The number of ether oxygens (including phenoxy) is 1. The minimum atomic E-state index is -0.0810. The molecule has 0 saturated heterocycles. The number of methoxy groups -OCH3 is 1. The van der Waals surface area contributed by atoms with Gasteiger partial charge in [0.05, 0.1) is 26.0 Å². The highest BCUT2D eigenvalue weighted by molar-refractivity contribution is 5.94. The molecule has 2 aromatic rings. The molecule has 110 valence electrons. The fraction of sp³-hybridized carbons (Fsp3) is 0.333. The van der Waals surface area contributed by atoms with Crippen LogP contribution in [-0.4, -0.2) is 52.5 Å². The number of β-amino-alcohol motifs (C(OH)–C–C–N with tert-alkyl or cyclic N) is 1. The van der Waals surface area contributed by atoms with Crippen LogP contribution in [0.15, 0.2) is 30.3 Å². The molecular formula is C15H17N3O3. The number of aromatic nitrogens is 2. The van der Waals surface area contributed by atoms with Gasteiger partial charge in [0.2, 0.25) is 0 Å². The second-order valence-corrected chi connectivity index (χ2v) is 4.88. The van der Waals surface area contributed by atoms with Crippen molar-refractivity contribution < 1.29 is 14.6 Å². The topological polar surface area (TPSA) is 67.6 Å². The van der Waals surface area contributed by atoms with Crippen LogP contribution < -0.4 is 4.74 Å². The second-order valence-electron chi connectivity index (χ2n) is 4.88. The van der Waals surface area contributed by atoms with Gasteiger partial charge in [-0.2, -0.15) is 5.10 Å². The average Bonchev–Trinajstić information content (AvgIpc) is 2.95. The second kappa shape index (κ2) is 5.57. The molecule has 0 atom stereocenters. The van der Waals surface area contributed by atoms with Crippen molar-refractivity contribution in [2.45, 2.75) is 6.54 Å². The van der Waals surface area contributed by atoms with Gasteiger partial charge < -0.3 is 14.7 Å². The van der Waals surface area contributed by atoms with Crippen LogP contribution in [0, 0.1) is 0 Å². The molecular weight excluding hydrogens is 270 g/mol. The maximum Gasteiger partial charge on any atom is 0.272 e. The Hall–Kier alpha value is -2.34. The minimum Gasteiger partial charge on any atom is -0.497 e. The molecule has 6 heteroatoms. The van der Waals surface area contributed by atoms with Gasteiger partial charge in [0, 0.05) is 18.7 Å². The number of carbonyl (C=O) groups excluding carboxylic acids is 1. The van der Waals surface area contributed by atoms with Gasteiger partial charge in [0.1, 0.15) is 11.4 Å². The van der Waals surface area contributed by atoms with Crippen molar-refractivity contribution in [1.82, 2.24) is 14.7 Å². The summed E-state index contributed by atoms with van der Waals surface area (Å²) < 4.78 is 6.87. The third kappa shape index (κ3) is 2.50. The van der Waals surface area contributed by atoms with Crippen LogP contribution >= 0.6 is 0 Å². The summed E-state index contributed by atoms with van der Waals surface area (Å²) in [5, 5.41) is 13.5. The van der Waals surface area contributed by atoms with Gasteiger partial charge in [-0.1, -0.05) is 0 Å². The maximum absolute atomic E-state index is 12.3. The Balaban J connectivity index is 1.90. The van der Waals surface area contributed by atoms with Crippen LogP contribution in [0.5, 0.6) is 5.75 Å². The number of aliphatic hydroxyl groups excluding tert-OH is 1. The minimum absolute atomic E-state index is 0.0226. The van der Waals surface area contributed by atoms with E-state index in [1.165, 1.54) is 0 Å². The van der Waals surface area contributed by atoms with E-state index < -0.39 is 0 Å². The van der Waals surface area contributed by atoms with Crippen LogP contribution in [-0.2, 0) is 6.54 Å². The summed E-state index contributed by atoms with van der Waals surface area (Å²) in [6.07, 6.45) is 0. The first-order valence-electron chi connectivity index (χ1n) is 6.85. The van der Waals surface area contributed by atoms with Crippen LogP contribution in [0.3, 0.4) is 0 Å². The lowest BCUT2D eigenvalue weighted by molar-refractivity contribution is 0.0661. The molecule has 1 aliphatic heterocycles. The first-order chi connectivity index (χ1) is 10.2. The Morgan fingerprint density at radius 1 is 1.29 bits per heavy atom. The number of amides is 1. The number of aliphatic hydroxyl groups is 1. The van der Waals surface area contributed by atoms with Gasteiger partial charge in [-0.05, 0) is 30.3 Å². The maximum atomic E-state index is 12.3. The molecule has 0 unspecified atom stereocenters. The molecule has 0 radical (unpaired) electrons. The normalized spacial score (nSPS) is 14.2. The summed E-state index contributed by atoms with van der Waals surface area (Å²) in [5.74, 6) is 0.704. The van der Waals surface area contributed by atoms with Crippen molar-refractivity contribution in [3.05, 3.63) is 36.0 Å². The summed E-state index contributed by atoms with van der Waals surface area (Å²) in [6.45, 7) is 1.57. The first kappa shape index (κ1) is 13.6. The van der Waals surface area contributed by atoms with Gasteiger partial charge in [0.25, 0.3) is 5.91 Å². The Morgan fingerprint density at radius 2 is 2.05 bits per heavy atom. The van der Waals surface area contributed by atoms with E-state index >= 15 is 0 Å². The number of nitrogens with zero attached hydrogens (tertiary/aromatic N) is 3.